The number of halogens is 3. The number of hydrogen-bond acceptors (Lipinski definition) is 3. The third-order valence-corrected chi connectivity index (χ3v) is 5.77. The fourth-order valence-electron chi connectivity index (χ4n) is 2.94. The molecule has 0 N–H and O–H groups in total. The molecule has 3 nitrogen and oxygen atoms in total. The van der Waals surface area contributed by atoms with Crippen molar-refractivity contribution in [2.45, 2.75) is 46.2 Å². The van der Waals surface area contributed by atoms with Crippen LogP contribution in [0, 0.1) is 22.7 Å². The molecule has 1 amide bonds. The Morgan fingerprint density at radius 3 is 2.43 bits per heavy atom. The lowest BCUT2D eigenvalue weighted by Crippen LogP contribution is -2.38. The van der Waals surface area contributed by atoms with Crippen LogP contribution in [0.5, 0.6) is 0 Å². The Labute approximate surface area is 137 Å². The minimum atomic E-state index is -4.94. The Hall–Kier alpha value is -1.55. The molecule has 1 aromatic heterocycles. The van der Waals surface area contributed by atoms with Gasteiger partial charge in [0, 0.05) is 11.9 Å². The second-order valence-electron chi connectivity index (χ2n) is 6.96. The number of anilines is 1. The van der Waals surface area contributed by atoms with Crippen molar-refractivity contribution in [3.8, 4) is 6.07 Å². The predicted molar refractivity (Wildman–Crippen MR) is 83.5 cm³/mol. The molecule has 7 heteroatoms. The number of carbonyl (C=O) groups excluding carboxylic acids is 1. The van der Waals surface area contributed by atoms with Crippen LogP contribution >= 0.6 is 11.3 Å². The monoisotopic (exact) mass is 344 g/mol. The number of hydrogen-bond donors (Lipinski definition) is 0. The van der Waals surface area contributed by atoms with Crippen LogP contribution in [0.25, 0.3) is 0 Å². The number of alkyl halides is 3. The van der Waals surface area contributed by atoms with E-state index in [-0.39, 0.29) is 16.0 Å². The van der Waals surface area contributed by atoms with E-state index in [4.69, 9.17) is 0 Å². The molecule has 0 fully saturated rings. The minimum Gasteiger partial charge on any atom is -0.298 e. The summed E-state index contributed by atoms with van der Waals surface area (Å²) in [5.74, 6) is -1.53. The molecule has 0 radical (unpaired) electrons. The summed E-state index contributed by atoms with van der Waals surface area (Å²) < 4.78 is 38.0. The van der Waals surface area contributed by atoms with Gasteiger partial charge >= 0.3 is 12.1 Å². The van der Waals surface area contributed by atoms with E-state index >= 15 is 0 Å². The topological polar surface area (TPSA) is 44.1 Å². The van der Waals surface area contributed by atoms with Crippen LogP contribution in [-0.4, -0.2) is 19.1 Å². The first-order chi connectivity index (χ1) is 10.5. The molecule has 126 valence electrons. The van der Waals surface area contributed by atoms with E-state index in [0.29, 0.717) is 17.2 Å². The average Bonchev–Trinajstić information content (AvgIpc) is 2.81. The van der Waals surface area contributed by atoms with Crippen LogP contribution in [0.15, 0.2) is 0 Å². The van der Waals surface area contributed by atoms with Crippen LogP contribution in [0.4, 0.5) is 18.2 Å². The number of thiophene rings is 1. The van der Waals surface area contributed by atoms with Gasteiger partial charge in [-0.2, -0.15) is 18.4 Å². The van der Waals surface area contributed by atoms with Gasteiger partial charge in [-0.25, -0.2) is 0 Å². The van der Waals surface area contributed by atoms with Crippen LogP contribution in [0.1, 0.15) is 43.2 Å². The van der Waals surface area contributed by atoms with Crippen LogP contribution in [0.2, 0.25) is 0 Å². The Kier molecular flexibility index (Phi) is 4.51. The quantitative estimate of drug-likeness (QED) is 0.762. The van der Waals surface area contributed by atoms with Crippen molar-refractivity contribution in [1.29, 1.82) is 5.26 Å². The van der Waals surface area contributed by atoms with E-state index in [2.05, 4.69) is 20.8 Å². The number of amides is 1. The van der Waals surface area contributed by atoms with Crippen molar-refractivity contribution < 1.29 is 18.0 Å². The van der Waals surface area contributed by atoms with Crippen molar-refractivity contribution in [3.63, 3.8) is 0 Å². The fraction of sp³-hybridized carbons (Fsp3) is 0.625. The number of nitriles is 1. The highest BCUT2D eigenvalue weighted by molar-refractivity contribution is 7.16. The lowest BCUT2D eigenvalue weighted by molar-refractivity contribution is -0.170. The lowest BCUT2D eigenvalue weighted by atomic mass is 9.72. The van der Waals surface area contributed by atoms with Crippen molar-refractivity contribution in [2.24, 2.45) is 11.3 Å². The highest BCUT2D eigenvalue weighted by Crippen LogP contribution is 2.45. The molecule has 0 bridgehead atoms. The largest absolute Gasteiger partial charge is 0.471 e. The summed E-state index contributed by atoms with van der Waals surface area (Å²) in [4.78, 5) is 13.0. The number of carbonyl (C=O) groups is 1. The summed E-state index contributed by atoms with van der Waals surface area (Å²) in [6.45, 7) is 6.42. The van der Waals surface area contributed by atoms with Gasteiger partial charge < -0.3 is 0 Å². The molecule has 1 atom stereocenters. The molecule has 0 spiro atoms. The SMILES string of the molecule is CN(C(=O)C(F)(F)F)c1sc2c(c1C#N)CCC(C(C)(C)C)C2. The van der Waals surface area contributed by atoms with E-state index in [1.807, 2.05) is 6.07 Å². The highest BCUT2D eigenvalue weighted by atomic mass is 32.1. The van der Waals surface area contributed by atoms with Gasteiger partial charge in [-0.1, -0.05) is 20.8 Å². The van der Waals surface area contributed by atoms with Gasteiger partial charge in [0.2, 0.25) is 0 Å². The van der Waals surface area contributed by atoms with Gasteiger partial charge in [-0.15, -0.1) is 11.3 Å². The molecule has 1 unspecified atom stereocenters. The molecule has 1 heterocycles. The summed E-state index contributed by atoms with van der Waals surface area (Å²) in [6.07, 6.45) is -2.63. The number of rotatable bonds is 1. The zero-order chi connectivity index (χ0) is 17.6. The second kappa shape index (κ2) is 5.82. The average molecular weight is 344 g/mol. The summed E-state index contributed by atoms with van der Waals surface area (Å²) in [7, 11) is 1.08. The Bertz CT molecular complexity index is 665. The molecule has 1 aliphatic rings. The van der Waals surface area contributed by atoms with E-state index < -0.39 is 12.1 Å². The fourth-order valence-corrected chi connectivity index (χ4v) is 4.28. The van der Waals surface area contributed by atoms with Gasteiger partial charge in [0.05, 0.1) is 5.56 Å². The zero-order valence-corrected chi connectivity index (χ0v) is 14.4. The van der Waals surface area contributed by atoms with Crippen molar-refractivity contribution in [3.05, 3.63) is 16.0 Å². The van der Waals surface area contributed by atoms with Gasteiger partial charge in [0.1, 0.15) is 11.1 Å². The molecule has 1 aliphatic carbocycles. The predicted octanol–water partition coefficient (Wildman–Crippen LogP) is 4.30. The summed E-state index contributed by atoms with van der Waals surface area (Å²) >= 11 is 1.14. The molecule has 0 saturated heterocycles. The molecular formula is C16H19F3N2OS. The smallest absolute Gasteiger partial charge is 0.298 e. The number of fused-ring (bicyclic) bond motifs is 1. The van der Waals surface area contributed by atoms with Gasteiger partial charge in [-0.05, 0) is 36.2 Å². The first-order valence-corrected chi connectivity index (χ1v) is 8.18. The summed E-state index contributed by atoms with van der Waals surface area (Å²) in [5, 5.41) is 9.47. The van der Waals surface area contributed by atoms with Crippen LogP contribution in [-0.2, 0) is 17.6 Å². The van der Waals surface area contributed by atoms with Crippen molar-refractivity contribution in [1.82, 2.24) is 0 Å². The highest BCUT2D eigenvalue weighted by Gasteiger charge is 2.43. The maximum Gasteiger partial charge on any atom is 0.471 e. The number of nitrogens with zero attached hydrogens (tertiary/aromatic N) is 2. The van der Waals surface area contributed by atoms with E-state index in [1.165, 1.54) is 0 Å². The van der Waals surface area contributed by atoms with Gasteiger partial charge in [0.25, 0.3) is 0 Å². The summed E-state index contributed by atoms with van der Waals surface area (Å²) in [5.41, 5.74) is 1.13. The molecule has 23 heavy (non-hydrogen) atoms. The second-order valence-corrected chi connectivity index (χ2v) is 8.05. The molecule has 0 aromatic carbocycles. The Morgan fingerprint density at radius 2 is 1.96 bits per heavy atom. The van der Waals surface area contributed by atoms with Crippen LogP contribution < -0.4 is 4.90 Å². The van der Waals surface area contributed by atoms with E-state index in [9.17, 15) is 23.2 Å². The minimum absolute atomic E-state index is 0.0995. The third-order valence-electron chi connectivity index (χ3n) is 4.44. The van der Waals surface area contributed by atoms with Gasteiger partial charge in [-0.3, -0.25) is 9.69 Å². The lowest BCUT2D eigenvalue weighted by Gasteiger charge is -2.33. The molecular weight excluding hydrogens is 325 g/mol. The third kappa shape index (κ3) is 3.37. The van der Waals surface area contributed by atoms with Gasteiger partial charge in [0.15, 0.2) is 0 Å². The van der Waals surface area contributed by atoms with Crippen molar-refractivity contribution in [2.75, 3.05) is 11.9 Å². The molecule has 0 saturated carbocycles. The Balaban J connectivity index is 2.41. The normalized spacial score (nSPS) is 18.3. The maximum atomic E-state index is 12.7. The zero-order valence-electron chi connectivity index (χ0n) is 13.5. The standard InChI is InChI=1S/C16H19F3N2OS/c1-15(2,3)9-5-6-10-11(8-20)13(23-12(10)7-9)21(4)14(22)16(17,18)19/h9H,5-7H2,1-4H3. The molecule has 2 rings (SSSR count). The van der Waals surface area contributed by atoms with Crippen molar-refractivity contribution >= 4 is 22.2 Å². The van der Waals surface area contributed by atoms with E-state index in [0.717, 1.165) is 41.7 Å². The first kappa shape index (κ1) is 17.8. The summed E-state index contributed by atoms with van der Waals surface area (Å²) in [6, 6.07) is 1.99. The first-order valence-electron chi connectivity index (χ1n) is 7.36. The molecule has 1 aromatic rings. The van der Waals surface area contributed by atoms with E-state index in [1.54, 1.807) is 0 Å². The van der Waals surface area contributed by atoms with Crippen LogP contribution in [0.3, 0.4) is 0 Å². The molecule has 0 aliphatic heterocycles. The maximum absolute atomic E-state index is 12.7. The Morgan fingerprint density at radius 1 is 1.35 bits per heavy atom.